The average Bonchev–Trinajstić information content (AvgIpc) is 2.95. The molecule has 0 aromatic heterocycles. The molecule has 0 amide bonds. The summed E-state index contributed by atoms with van der Waals surface area (Å²) in [7, 11) is 2.21. The van der Waals surface area contributed by atoms with E-state index in [1.165, 1.54) is 50.8 Å². The second-order valence-corrected chi connectivity index (χ2v) is 8.92. The van der Waals surface area contributed by atoms with Crippen LogP contribution in [-0.4, -0.2) is 37.4 Å². The Hall–Kier alpha value is -0.900. The minimum Gasteiger partial charge on any atom is -0.325 e. The van der Waals surface area contributed by atoms with Gasteiger partial charge >= 0.3 is 0 Å². The summed E-state index contributed by atoms with van der Waals surface area (Å²) in [6, 6.07) is 8.37. The van der Waals surface area contributed by atoms with Gasteiger partial charge in [0.15, 0.2) is 0 Å². The van der Waals surface area contributed by atoms with Crippen molar-refractivity contribution in [3.63, 3.8) is 0 Å². The highest BCUT2D eigenvalue weighted by Gasteiger charge is 2.35. The summed E-state index contributed by atoms with van der Waals surface area (Å²) in [6.45, 7) is 11.2. The fourth-order valence-electron chi connectivity index (χ4n) is 4.12. The van der Waals surface area contributed by atoms with Gasteiger partial charge in [-0.15, -0.1) is 0 Å². The van der Waals surface area contributed by atoms with E-state index in [2.05, 4.69) is 44.9 Å². The van der Waals surface area contributed by atoms with Crippen LogP contribution in [0.1, 0.15) is 64.4 Å². The van der Waals surface area contributed by atoms with Crippen LogP contribution < -0.4 is 5.73 Å². The number of rotatable bonds is 1. The van der Waals surface area contributed by atoms with Crippen LogP contribution in [0.15, 0.2) is 24.3 Å². The Morgan fingerprint density at radius 3 is 2.04 bits per heavy atom. The van der Waals surface area contributed by atoms with Gasteiger partial charge in [-0.3, -0.25) is 0 Å². The second-order valence-electron chi connectivity index (χ2n) is 8.48. The summed E-state index contributed by atoms with van der Waals surface area (Å²) in [5.74, 6) is 0.654. The molecule has 1 saturated carbocycles. The maximum absolute atomic E-state index is 8.00. The molecule has 4 heteroatoms. The first-order valence-corrected chi connectivity index (χ1v) is 9.59. The van der Waals surface area contributed by atoms with E-state index in [-0.39, 0.29) is 5.54 Å². The Bertz CT molecular complexity index is 505. The van der Waals surface area contributed by atoms with E-state index in [0.29, 0.717) is 11.3 Å². The summed E-state index contributed by atoms with van der Waals surface area (Å²) in [6.07, 6.45) is 6.38. The van der Waals surface area contributed by atoms with Crippen molar-refractivity contribution < 1.29 is 4.79 Å². The zero-order valence-corrected chi connectivity index (χ0v) is 17.1. The van der Waals surface area contributed by atoms with E-state index in [4.69, 9.17) is 22.1 Å². The predicted octanol–water partition coefficient (Wildman–Crippen LogP) is 4.88. The van der Waals surface area contributed by atoms with Gasteiger partial charge in [0.25, 0.3) is 0 Å². The maximum Gasteiger partial charge on any atom is 0.106 e. The molecule has 0 bridgehead atoms. The quantitative estimate of drug-likeness (QED) is 0.770. The molecular weight excluding hydrogens is 332 g/mol. The van der Waals surface area contributed by atoms with Gasteiger partial charge in [0, 0.05) is 17.1 Å². The molecule has 2 aliphatic rings. The van der Waals surface area contributed by atoms with E-state index in [1.807, 2.05) is 18.9 Å². The van der Waals surface area contributed by atoms with E-state index in [1.54, 1.807) is 0 Å². The molecule has 1 aromatic rings. The SMILES string of the molecule is C=O.CC1(N)CCCC1.CN1CCC(c2ccc(Cl)cc2)C(C)(C)C1. The molecule has 1 unspecified atom stereocenters. The fraction of sp³-hybridized carbons (Fsp3) is 0.667. The fourth-order valence-corrected chi connectivity index (χ4v) is 4.25. The van der Waals surface area contributed by atoms with Gasteiger partial charge in [0.1, 0.15) is 6.79 Å². The van der Waals surface area contributed by atoms with Crippen molar-refractivity contribution in [1.29, 1.82) is 0 Å². The smallest absolute Gasteiger partial charge is 0.106 e. The molecule has 1 saturated heterocycles. The van der Waals surface area contributed by atoms with E-state index in [9.17, 15) is 0 Å². The third kappa shape index (κ3) is 7.08. The number of halogens is 1. The highest BCUT2D eigenvalue weighted by atomic mass is 35.5. The zero-order chi connectivity index (χ0) is 19.1. The third-order valence-electron chi connectivity index (χ3n) is 5.44. The lowest BCUT2D eigenvalue weighted by atomic mass is 9.71. The zero-order valence-electron chi connectivity index (χ0n) is 16.4. The van der Waals surface area contributed by atoms with Crippen LogP contribution in [-0.2, 0) is 4.79 Å². The predicted molar refractivity (Wildman–Crippen MR) is 108 cm³/mol. The van der Waals surface area contributed by atoms with Crippen molar-refractivity contribution in [3.8, 4) is 0 Å². The highest BCUT2D eigenvalue weighted by molar-refractivity contribution is 6.30. The first-order valence-electron chi connectivity index (χ1n) is 9.21. The van der Waals surface area contributed by atoms with Gasteiger partial charge in [0.2, 0.25) is 0 Å². The largest absolute Gasteiger partial charge is 0.325 e. The van der Waals surface area contributed by atoms with Crippen molar-refractivity contribution in [2.45, 2.75) is 64.3 Å². The molecule has 3 rings (SSSR count). The lowest BCUT2D eigenvalue weighted by molar-refractivity contribution is -0.0979. The van der Waals surface area contributed by atoms with Crippen molar-refractivity contribution >= 4 is 18.4 Å². The Morgan fingerprint density at radius 1 is 1.12 bits per heavy atom. The molecule has 1 aliphatic heterocycles. The number of likely N-dealkylation sites (tertiary alicyclic amines) is 1. The third-order valence-corrected chi connectivity index (χ3v) is 5.69. The molecule has 1 atom stereocenters. The Kier molecular flexibility index (Phi) is 8.59. The number of benzene rings is 1. The topological polar surface area (TPSA) is 46.3 Å². The lowest BCUT2D eigenvalue weighted by Crippen LogP contribution is -2.42. The first kappa shape index (κ1) is 22.1. The van der Waals surface area contributed by atoms with Gasteiger partial charge in [0.05, 0.1) is 0 Å². The lowest BCUT2D eigenvalue weighted by Gasteiger charge is -2.43. The van der Waals surface area contributed by atoms with Crippen molar-refractivity contribution in [2.24, 2.45) is 11.1 Å². The van der Waals surface area contributed by atoms with Crippen LogP contribution in [0.5, 0.6) is 0 Å². The van der Waals surface area contributed by atoms with Crippen LogP contribution >= 0.6 is 11.6 Å². The minimum absolute atomic E-state index is 0.194. The van der Waals surface area contributed by atoms with Crippen molar-refractivity contribution in [2.75, 3.05) is 20.1 Å². The molecule has 2 N–H and O–H groups in total. The number of nitrogens with two attached hydrogens (primary N) is 1. The van der Waals surface area contributed by atoms with Gasteiger partial charge in [-0.1, -0.05) is 50.4 Å². The molecule has 25 heavy (non-hydrogen) atoms. The van der Waals surface area contributed by atoms with E-state index in [0.717, 1.165) is 5.02 Å². The Labute approximate surface area is 158 Å². The van der Waals surface area contributed by atoms with Gasteiger partial charge in [-0.05, 0) is 68.8 Å². The first-order chi connectivity index (χ1) is 11.7. The number of carbonyl (C=O) groups is 1. The summed E-state index contributed by atoms with van der Waals surface area (Å²) in [5.41, 5.74) is 7.75. The van der Waals surface area contributed by atoms with Crippen LogP contribution in [0.2, 0.25) is 5.02 Å². The van der Waals surface area contributed by atoms with Crippen LogP contribution in [0.3, 0.4) is 0 Å². The van der Waals surface area contributed by atoms with Crippen LogP contribution in [0, 0.1) is 5.41 Å². The standard InChI is InChI=1S/C14H20ClN.C6H13N.CH2O/c1-14(2)10-16(3)9-8-13(14)11-4-6-12(15)7-5-11;1-6(7)4-2-3-5-6;1-2/h4-7,13H,8-10H2,1-3H3;2-5,7H2,1H3;1H2. The van der Waals surface area contributed by atoms with Crippen LogP contribution in [0.25, 0.3) is 0 Å². The average molecular weight is 367 g/mol. The molecule has 2 fully saturated rings. The number of nitrogens with zero attached hydrogens (tertiary/aromatic N) is 1. The Morgan fingerprint density at radius 2 is 1.64 bits per heavy atom. The van der Waals surface area contributed by atoms with E-state index < -0.39 is 0 Å². The Balaban J connectivity index is 0.000000290. The normalized spacial score (nSPS) is 24.5. The maximum atomic E-state index is 8.00. The molecule has 0 radical (unpaired) electrons. The molecule has 1 aromatic carbocycles. The molecule has 1 aliphatic carbocycles. The number of hydrogen-bond donors (Lipinski definition) is 1. The molecule has 3 nitrogen and oxygen atoms in total. The molecule has 0 spiro atoms. The molecular formula is C21H35ClN2O. The van der Waals surface area contributed by atoms with Crippen molar-refractivity contribution in [3.05, 3.63) is 34.9 Å². The summed E-state index contributed by atoms with van der Waals surface area (Å²) in [4.78, 5) is 10.4. The van der Waals surface area contributed by atoms with E-state index >= 15 is 0 Å². The van der Waals surface area contributed by atoms with Gasteiger partial charge in [-0.25, -0.2) is 0 Å². The minimum atomic E-state index is 0.194. The van der Waals surface area contributed by atoms with Gasteiger partial charge < -0.3 is 15.4 Å². The summed E-state index contributed by atoms with van der Waals surface area (Å²) in [5, 5.41) is 0.828. The monoisotopic (exact) mass is 366 g/mol. The van der Waals surface area contributed by atoms with Gasteiger partial charge in [-0.2, -0.15) is 0 Å². The highest BCUT2D eigenvalue weighted by Crippen LogP contribution is 2.41. The molecule has 1 heterocycles. The number of piperidine rings is 1. The number of hydrogen-bond acceptors (Lipinski definition) is 3. The molecule has 142 valence electrons. The summed E-state index contributed by atoms with van der Waals surface area (Å²) >= 11 is 5.94. The summed E-state index contributed by atoms with van der Waals surface area (Å²) < 4.78 is 0. The van der Waals surface area contributed by atoms with Crippen LogP contribution in [0.4, 0.5) is 0 Å². The number of carbonyl (C=O) groups excluding carboxylic acids is 1. The van der Waals surface area contributed by atoms with Crippen molar-refractivity contribution in [1.82, 2.24) is 4.90 Å². The second kappa shape index (κ2) is 9.70.